The van der Waals surface area contributed by atoms with Gasteiger partial charge in [0, 0.05) is 28.4 Å². The fourth-order valence-corrected chi connectivity index (χ4v) is 3.74. The highest BCUT2D eigenvalue weighted by molar-refractivity contribution is 7.10. The van der Waals surface area contributed by atoms with E-state index >= 15 is 0 Å². The summed E-state index contributed by atoms with van der Waals surface area (Å²) in [6.07, 6.45) is 5.49. The minimum atomic E-state index is 0.436. The first-order valence-electron chi connectivity index (χ1n) is 7.15. The Bertz CT molecular complexity index is 455. The monoisotopic (exact) mass is 276 g/mol. The van der Waals surface area contributed by atoms with E-state index in [1.165, 1.54) is 30.6 Å². The fraction of sp³-hybridized carbons (Fsp3) is 0.625. The first-order valence-corrected chi connectivity index (χ1v) is 8.03. The fourth-order valence-electron chi connectivity index (χ4n) is 2.86. The van der Waals surface area contributed by atoms with E-state index < -0.39 is 0 Å². The molecule has 0 saturated heterocycles. The number of rotatable bonds is 3. The third kappa shape index (κ3) is 4.35. The predicted molar refractivity (Wildman–Crippen MR) is 83.1 cm³/mol. The van der Waals surface area contributed by atoms with Gasteiger partial charge in [-0.15, -0.1) is 11.3 Å². The highest BCUT2D eigenvalue weighted by Gasteiger charge is 2.22. The SMILES string of the molecule is CC1CCCC(N(C)Cc2cc(C#CCN)cs2)C1. The zero-order valence-electron chi connectivity index (χ0n) is 12.0. The standard InChI is InChI=1S/C16H24N2S/c1-13-5-3-7-15(9-13)18(2)11-16-10-14(12-19-16)6-4-8-17/h10,12-13,15H,3,5,7-9,11,17H2,1-2H3. The summed E-state index contributed by atoms with van der Waals surface area (Å²) in [4.78, 5) is 3.92. The van der Waals surface area contributed by atoms with Crippen molar-refractivity contribution in [2.45, 2.75) is 45.2 Å². The van der Waals surface area contributed by atoms with Crippen molar-refractivity contribution in [3.05, 3.63) is 21.9 Å². The van der Waals surface area contributed by atoms with Crippen molar-refractivity contribution in [2.24, 2.45) is 11.7 Å². The number of nitrogens with zero attached hydrogens (tertiary/aromatic N) is 1. The Labute approximate surface area is 121 Å². The highest BCUT2D eigenvalue weighted by atomic mass is 32.1. The lowest BCUT2D eigenvalue weighted by molar-refractivity contribution is 0.159. The van der Waals surface area contributed by atoms with Gasteiger partial charge in [0.25, 0.3) is 0 Å². The Morgan fingerprint density at radius 2 is 2.32 bits per heavy atom. The number of thiophene rings is 1. The van der Waals surface area contributed by atoms with Gasteiger partial charge in [-0.05, 0) is 31.9 Å². The van der Waals surface area contributed by atoms with Gasteiger partial charge < -0.3 is 5.73 Å². The Morgan fingerprint density at radius 1 is 1.47 bits per heavy atom. The minimum absolute atomic E-state index is 0.436. The first kappa shape index (κ1) is 14.6. The second-order valence-corrected chi connectivity index (χ2v) is 6.64. The molecule has 1 saturated carbocycles. The van der Waals surface area contributed by atoms with Gasteiger partial charge in [-0.1, -0.05) is 31.6 Å². The lowest BCUT2D eigenvalue weighted by Gasteiger charge is -2.33. The molecule has 1 aromatic heterocycles. The van der Waals surface area contributed by atoms with Gasteiger partial charge in [0.05, 0.1) is 6.54 Å². The molecule has 19 heavy (non-hydrogen) atoms. The third-order valence-corrected chi connectivity index (χ3v) is 4.85. The van der Waals surface area contributed by atoms with Gasteiger partial charge >= 0.3 is 0 Å². The summed E-state index contributed by atoms with van der Waals surface area (Å²) in [7, 11) is 2.26. The van der Waals surface area contributed by atoms with E-state index in [9.17, 15) is 0 Å². The average Bonchev–Trinajstić information content (AvgIpc) is 2.84. The van der Waals surface area contributed by atoms with E-state index in [4.69, 9.17) is 5.73 Å². The van der Waals surface area contributed by atoms with Crippen molar-refractivity contribution >= 4 is 11.3 Å². The van der Waals surface area contributed by atoms with Crippen LogP contribution in [0.3, 0.4) is 0 Å². The molecule has 0 amide bonds. The van der Waals surface area contributed by atoms with Crippen LogP contribution >= 0.6 is 11.3 Å². The second kappa shape index (κ2) is 7.09. The van der Waals surface area contributed by atoms with E-state index in [0.717, 1.165) is 24.1 Å². The molecule has 0 aliphatic heterocycles. The van der Waals surface area contributed by atoms with Gasteiger partial charge in [0.2, 0.25) is 0 Å². The third-order valence-electron chi connectivity index (χ3n) is 3.93. The van der Waals surface area contributed by atoms with Crippen molar-refractivity contribution in [1.29, 1.82) is 0 Å². The van der Waals surface area contributed by atoms with Crippen molar-refractivity contribution in [3.63, 3.8) is 0 Å². The van der Waals surface area contributed by atoms with E-state index in [0.29, 0.717) is 6.54 Å². The van der Waals surface area contributed by atoms with Crippen LogP contribution in [0.5, 0.6) is 0 Å². The molecule has 0 radical (unpaired) electrons. The molecule has 2 rings (SSSR count). The van der Waals surface area contributed by atoms with E-state index in [1.807, 2.05) is 11.3 Å². The van der Waals surface area contributed by atoms with Gasteiger partial charge in [0.1, 0.15) is 0 Å². The zero-order valence-corrected chi connectivity index (χ0v) is 12.8. The number of hydrogen-bond acceptors (Lipinski definition) is 3. The summed E-state index contributed by atoms with van der Waals surface area (Å²) in [5, 5.41) is 2.13. The van der Waals surface area contributed by atoms with E-state index in [1.54, 1.807) is 0 Å². The zero-order chi connectivity index (χ0) is 13.7. The molecule has 2 atom stereocenters. The van der Waals surface area contributed by atoms with Gasteiger partial charge in [-0.2, -0.15) is 0 Å². The molecule has 1 aliphatic rings. The highest BCUT2D eigenvalue weighted by Crippen LogP contribution is 2.28. The topological polar surface area (TPSA) is 29.3 Å². The summed E-state index contributed by atoms with van der Waals surface area (Å²) >= 11 is 1.81. The molecular formula is C16H24N2S. The summed E-state index contributed by atoms with van der Waals surface area (Å²) in [5.74, 6) is 6.90. The number of hydrogen-bond donors (Lipinski definition) is 1. The first-order chi connectivity index (χ1) is 9.19. The molecule has 104 valence electrons. The largest absolute Gasteiger partial charge is 0.320 e. The molecule has 2 nitrogen and oxygen atoms in total. The van der Waals surface area contributed by atoms with Crippen LogP contribution in [0, 0.1) is 17.8 Å². The van der Waals surface area contributed by atoms with Crippen LogP contribution in [0.25, 0.3) is 0 Å². The van der Waals surface area contributed by atoms with Crippen LogP contribution in [0.2, 0.25) is 0 Å². The molecule has 0 bridgehead atoms. The summed E-state index contributed by atoms with van der Waals surface area (Å²) < 4.78 is 0. The normalized spacial score (nSPS) is 23.2. The summed E-state index contributed by atoms with van der Waals surface area (Å²) in [6.45, 7) is 3.86. The maximum Gasteiger partial charge on any atom is 0.0555 e. The van der Waals surface area contributed by atoms with E-state index in [-0.39, 0.29) is 0 Å². The molecule has 2 N–H and O–H groups in total. The van der Waals surface area contributed by atoms with Gasteiger partial charge in [0.15, 0.2) is 0 Å². The molecule has 1 fully saturated rings. The molecule has 2 unspecified atom stereocenters. The van der Waals surface area contributed by atoms with Crippen LogP contribution in [-0.2, 0) is 6.54 Å². The van der Waals surface area contributed by atoms with E-state index in [2.05, 4.69) is 42.2 Å². The maximum atomic E-state index is 5.40. The predicted octanol–water partition coefficient (Wildman–Crippen LogP) is 3.07. The molecule has 3 heteroatoms. The molecule has 1 aromatic rings. The Balaban J connectivity index is 1.91. The number of nitrogens with two attached hydrogens (primary N) is 1. The van der Waals surface area contributed by atoms with Crippen molar-refractivity contribution < 1.29 is 0 Å². The average molecular weight is 276 g/mol. The molecule has 0 spiro atoms. The Morgan fingerprint density at radius 3 is 3.05 bits per heavy atom. The lowest BCUT2D eigenvalue weighted by atomic mass is 9.86. The van der Waals surface area contributed by atoms with Crippen molar-refractivity contribution in [1.82, 2.24) is 4.90 Å². The summed E-state index contributed by atoms with van der Waals surface area (Å²) in [6, 6.07) is 2.96. The lowest BCUT2D eigenvalue weighted by Crippen LogP contribution is -2.34. The molecule has 1 heterocycles. The quantitative estimate of drug-likeness (QED) is 0.860. The van der Waals surface area contributed by atoms with Crippen molar-refractivity contribution in [3.8, 4) is 11.8 Å². The van der Waals surface area contributed by atoms with Gasteiger partial charge in [-0.3, -0.25) is 4.90 Å². The van der Waals surface area contributed by atoms with Crippen LogP contribution in [0.15, 0.2) is 11.4 Å². The van der Waals surface area contributed by atoms with Crippen molar-refractivity contribution in [2.75, 3.05) is 13.6 Å². The van der Waals surface area contributed by atoms with Crippen LogP contribution < -0.4 is 5.73 Å². The van der Waals surface area contributed by atoms with Crippen LogP contribution in [0.1, 0.15) is 43.0 Å². The van der Waals surface area contributed by atoms with Gasteiger partial charge in [-0.25, -0.2) is 0 Å². The molecular weight excluding hydrogens is 252 g/mol. The van der Waals surface area contributed by atoms with Crippen LogP contribution in [0.4, 0.5) is 0 Å². The Hall–Kier alpha value is -0.820. The second-order valence-electron chi connectivity index (χ2n) is 5.65. The molecule has 0 aromatic carbocycles. The van der Waals surface area contributed by atoms with Crippen LogP contribution in [-0.4, -0.2) is 24.5 Å². The summed E-state index contributed by atoms with van der Waals surface area (Å²) in [5.41, 5.74) is 6.50. The smallest absolute Gasteiger partial charge is 0.0555 e. The minimum Gasteiger partial charge on any atom is -0.320 e. The molecule has 1 aliphatic carbocycles. The Kier molecular flexibility index (Phi) is 5.45. The maximum absolute atomic E-state index is 5.40.